The molecular weight excluding hydrogens is 231 g/mol. The lowest BCUT2D eigenvalue weighted by molar-refractivity contribution is -0.141. The third-order valence-corrected chi connectivity index (χ3v) is 2.68. The van der Waals surface area contributed by atoms with Gasteiger partial charge in [0.1, 0.15) is 5.82 Å². The van der Waals surface area contributed by atoms with Gasteiger partial charge in [-0.05, 0) is 18.1 Å². The predicted octanol–water partition coefficient (Wildman–Crippen LogP) is 3.34. The predicted molar refractivity (Wildman–Crippen MR) is 59.6 cm³/mol. The molecule has 1 rings (SSSR count). The summed E-state index contributed by atoms with van der Waals surface area (Å²) in [5.41, 5.74) is -0.967. The molecule has 1 aromatic heterocycles. The molecule has 0 atom stereocenters. The van der Waals surface area contributed by atoms with Crippen LogP contribution in [0.1, 0.15) is 32.4 Å². The van der Waals surface area contributed by atoms with Gasteiger partial charge in [0.15, 0.2) is 5.69 Å². The fourth-order valence-corrected chi connectivity index (χ4v) is 1.40. The van der Waals surface area contributed by atoms with E-state index in [-0.39, 0.29) is 0 Å². The Labute approximate surface area is 98.4 Å². The first kappa shape index (κ1) is 13.7. The smallest absolute Gasteiger partial charge is 0.368 e. The van der Waals surface area contributed by atoms with Crippen LogP contribution in [0.2, 0.25) is 0 Å². The maximum atomic E-state index is 12.2. The summed E-state index contributed by atoms with van der Waals surface area (Å²) in [5.74, 6) is 0.879. The number of nitrogens with one attached hydrogen (secondary N) is 1. The van der Waals surface area contributed by atoms with Crippen LogP contribution in [-0.2, 0) is 6.18 Å². The van der Waals surface area contributed by atoms with Crippen molar-refractivity contribution in [2.24, 2.45) is 5.92 Å². The summed E-state index contributed by atoms with van der Waals surface area (Å²) in [7, 11) is 0. The zero-order valence-electron chi connectivity index (χ0n) is 9.88. The van der Waals surface area contributed by atoms with Gasteiger partial charge in [-0.25, -0.2) is 0 Å². The van der Waals surface area contributed by atoms with E-state index in [0.29, 0.717) is 18.3 Å². The van der Waals surface area contributed by atoms with E-state index in [1.165, 1.54) is 6.07 Å². The van der Waals surface area contributed by atoms with Crippen LogP contribution < -0.4 is 5.32 Å². The fraction of sp³-hybridized carbons (Fsp3) is 0.636. The summed E-state index contributed by atoms with van der Waals surface area (Å²) in [6, 6.07) is 2.24. The number of nitrogens with zero attached hydrogens (tertiary/aromatic N) is 2. The van der Waals surface area contributed by atoms with Gasteiger partial charge >= 0.3 is 6.18 Å². The van der Waals surface area contributed by atoms with Crippen LogP contribution in [0, 0.1) is 5.92 Å². The molecule has 0 aromatic carbocycles. The highest BCUT2D eigenvalue weighted by molar-refractivity contribution is 5.33. The molecule has 0 amide bonds. The van der Waals surface area contributed by atoms with Gasteiger partial charge in [0.2, 0.25) is 0 Å². The molecule has 1 heterocycles. The van der Waals surface area contributed by atoms with Crippen LogP contribution in [-0.4, -0.2) is 16.7 Å². The molecule has 0 aliphatic carbocycles. The minimum atomic E-state index is -4.43. The lowest BCUT2D eigenvalue weighted by Crippen LogP contribution is -2.15. The van der Waals surface area contributed by atoms with Gasteiger partial charge in [0.05, 0.1) is 0 Å². The highest BCUT2D eigenvalue weighted by Gasteiger charge is 2.32. The maximum absolute atomic E-state index is 12.2. The average Bonchev–Trinajstić information content (AvgIpc) is 2.30. The quantitative estimate of drug-likeness (QED) is 0.867. The van der Waals surface area contributed by atoms with Crippen molar-refractivity contribution < 1.29 is 13.2 Å². The maximum Gasteiger partial charge on any atom is 0.435 e. The molecule has 0 saturated carbocycles. The van der Waals surface area contributed by atoms with Gasteiger partial charge in [0, 0.05) is 6.54 Å². The number of hydrogen-bond acceptors (Lipinski definition) is 3. The molecule has 0 fully saturated rings. The average molecular weight is 247 g/mol. The van der Waals surface area contributed by atoms with E-state index in [9.17, 15) is 13.2 Å². The summed E-state index contributed by atoms with van der Waals surface area (Å²) in [4.78, 5) is 0. The number of hydrogen-bond donors (Lipinski definition) is 1. The Morgan fingerprint density at radius 2 is 1.82 bits per heavy atom. The lowest BCUT2D eigenvalue weighted by Gasteiger charge is -2.13. The van der Waals surface area contributed by atoms with Crippen LogP contribution in [0.25, 0.3) is 0 Å². The minimum absolute atomic E-state index is 0.380. The molecule has 6 heteroatoms. The van der Waals surface area contributed by atoms with Crippen molar-refractivity contribution in [1.82, 2.24) is 10.2 Å². The van der Waals surface area contributed by atoms with Crippen LogP contribution in [0.5, 0.6) is 0 Å². The van der Waals surface area contributed by atoms with Crippen molar-refractivity contribution in [1.29, 1.82) is 0 Å². The molecule has 0 spiro atoms. The second kappa shape index (κ2) is 5.84. The van der Waals surface area contributed by atoms with Crippen molar-refractivity contribution >= 4 is 5.82 Å². The fourth-order valence-electron chi connectivity index (χ4n) is 1.40. The molecule has 0 bridgehead atoms. The molecule has 0 unspecified atom stereocenters. The summed E-state index contributed by atoms with van der Waals surface area (Å²) < 4.78 is 36.7. The Morgan fingerprint density at radius 1 is 1.18 bits per heavy atom. The van der Waals surface area contributed by atoms with Crippen molar-refractivity contribution in [2.45, 2.75) is 32.9 Å². The van der Waals surface area contributed by atoms with Gasteiger partial charge in [-0.3, -0.25) is 0 Å². The van der Waals surface area contributed by atoms with Gasteiger partial charge in [-0.2, -0.15) is 13.2 Å². The molecule has 17 heavy (non-hydrogen) atoms. The molecule has 1 aromatic rings. The van der Waals surface area contributed by atoms with E-state index < -0.39 is 11.9 Å². The normalized spacial score (nSPS) is 11.9. The van der Waals surface area contributed by atoms with Crippen LogP contribution in [0.15, 0.2) is 12.1 Å². The number of anilines is 1. The summed E-state index contributed by atoms with van der Waals surface area (Å²) in [6.45, 7) is 4.86. The molecule has 0 aliphatic heterocycles. The largest absolute Gasteiger partial charge is 0.435 e. The number of rotatable bonds is 5. The molecule has 1 N–H and O–H groups in total. The first-order valence-electron chi connectivity index (χ1n) is 5.62. The van der Waals surface area contributed by atoms with Crippen molar-refractivity contribution in [3.05, 3.63) is 17.8 Å². The monoisotopic (exact) mass is 247 g/mol. The van der Waals surface area contributed by atoms with Crippen LogP contribution >= 0.6 is 0 Å². The zero-order chi connectivity index (χ0) is 12.9. The Hall–Kier alpha value is -1.33. The van der Waals surface area contributed by atoms with Crippen LogP contribution in [0.4, 0.5) is 19.0 Å². The minimum Gasteiger partial charge on any atom is -0.368 e. The topological polar surface area (TPSA) is 37.8 Å². The third-order valence-electron chi connectivity index (χ3n) is 2.68. The second-order valence-corrected chi connectivity index (χ2v) is 3.86. The van der Waals surface area contributed by atoms with Gasteiger partial charge in [0.25, 0.3) is 0 Å². The third kappa shape index (κ3) is 4.20. The number of aromatic nitrogens is 2. The van der Waals surface area contributed by atoms with Crippen molar-refractivity contribution in [3.8, 4) is 0 Å². The summed E-state index contributed by atoms with van der Waals surface area (Å²) >= 11 is 0. The highest BCUT2D eigenvalue weighted by atomic mass is 19.4. The molecule has 0 aliphatic rings. The van der Waals surface area contributed by atoms with E-state index in [1.54, 1.807) is 0 Å². The van der Waals surface area contributed by atoms with Gasteiger partial charge < -0.3 is 5.32 Å². The summed E-state index contributed by atoms with van der Waals surface area (Å²) in [5, 5.41) is 9.63. The standard InChI is InChI=1S/C11H16F3N3/c1-3-8(4-2)7-15-10-6-5-9(16-17-10)11(12,13)14/h5-6,8H,3-4,7H2,1-2H3,(H,15,17). The van der Waals surface area contributed by atoms with E-state index >= 15 is 0 Å². The van der Waals surface area contributed by atoms with E-state index in [0.717, 1.165) is 18.9 Å². The van der Waals surface area contributed by atoms with Gasteiger partial charge in [-0.1, -0.05) is 26.7 Å². The molecule has 96 valence electrons. The zero-order valence-corrected chi connectivity index (χ0v) is 9.88. The van der Waals surface area contributed by atoms with Crippen LogP contribution in [0.3, 0.4) is 0 Å². The summed E-state index contributed by atoms with van der Waals surface area (Å²) in [6.07, 6.45) is -2.38. The Bertz CT molecular complexity index is 331. The number of alkyl halides is 3. The first-order chi connectivity index (χ1) is 7.97. The van der Waals surface area contributed by atoms with Crippen molar-refractivity contribution in [3.63, 3.8) is 0 Å². The highest BCUT2D eigenvalue weighted by Crippen LogP contribution is 2.27. The Morgan fingerprint density at radius 3 is 2.24 bits per heavy atom. The van der Waals surface area contributed by atoms with E-state index in [4.69, 9.17) is 0 Å². The SMILES string of the molecule is CCC(CC)CNc1ccc(C(F)(F)F)nn1. The first-order valence-corrected chi connectivity index (χ1v) is 5.62. The molecule has 0 radical (unpaired) electrons. The van der Waals surface area contributed by atoms with Gasteiger partial charge in [-0.15, -0.1) is 10.2 Å². The Kier molecular flexibility index (Phi) is 4.72. The van der Waals surface area contributed by atoms with Crippen molar-refractivity contribution in [2.75, 3.05) is 11.9 Å². The lowest BCUT2D eigenvalue weighted by atomic mass is 10.0. The Balaban J connectivity index is 2.57. The second-order valence-electron chi connectivity index (χ2n) is 3.86. The molecule has 3 nitrogen and oxygen atoms in total. The van der Waals surface area contributed by atoms with E-state index in [2.05, 4.69) is 29.4 Å². The van der Waals surface area contributed by atoms with E-state index in [1.807, 2.05) is 0 Å². The molecule has 0 saturated heterocycles. The molecular formula is C11H16F3N3. The number of halogens is 3.